The SMILES string of the molecule is CCN(CC)C(=S)SSC(=S)N(CC)CC.[Cu]. The number of thiocarbonyl (C=S) groups is 2. The summed E-state index contributed by atoms with van der Waals surface area (Å²) in [5.74, 6) is 0. The monoisotopic (exact) mass is 359 g/mol. The second-order valence-corrected chi connectivity index (χ2v) is 6.44. The summed E-state index contributed by atoms with van der Waals surface area (Å²) in [6, 6.07) is 0. The zero-order valence-electron chi connectivity index (χ0n) is 10.7. The van der Waals surface area contributed by atoms with Crippen molar-refractivity contribution in [2.24, 2.45) is 0 Å². The standard InChI is InChI=1S/C10H20N2S4.Cu/c1-5-11(6-2)9(13)15-16-10(14)12(7-3)8-4;/h5-8H2,1-4H3;. The zero-order valence-corrected chi connectivity index (χ0v) is 14.9. The molecule has 17 heavy (non-hydrogen) atoms. The molecule has 0 saturated carbocycles. The Morgan fingerprint density at radius 3 is 1.18 bits per heavy atom. The van der Waals surface area contributed by atoms with E-state index < -0.39 is 0 Å². The summed E-state index contributed by atoms with van der Waals surface area (Å²) in [5.41, 5.74) is 0. The first-order valence-electron chi connectivity index (χ1n) is 5.52. The van der Waals surface area contributed by atoms with Gasteiger partial charge in [0.15, 0.2) is 0 Å². The Labute approximate surface area is 135 Å². The van der Waals surface area contributed by atoms with E-state index in [4.69, 9.17) is 24.4 Å². The van der Waals surface area contributed by atoms with Crippen molar-refractivity contribution in [3.63, 3.8) is 0 Å². The maximum atomic E-state index is 5.34. The molecule has 0 aromatic rings. The largest absolute Gasteiger partial charge is 0.357 e. The molecule has 0 atom stereocenters. The number of hydrogen-bond acceptors (Lipinski definition) is 4. The quantitative estimate of drug-likeness (QED) is 0.426. The predicted molar refractivity (Wildman–Crippen MR) is 86.2 cm³/mol. The summed E-state index contributed by atoms with van der Waals surface area (Å²) >= 11 is 10.7. The van der Waals surface area contributed by atoms with E-state index in [0.29, 0.717) is 0 Å². The van der Waals surface area contributed by atoms with Gasteiger partial charge in [0.2, 0.25) is 0 Å². The van der Waals surface area contributed by atoms with Crippen molar-refractivity contribution in [1.29, 1.82) is 0 Å². The van der Waals surface area contributed by atoms with Crippen molar-refractivity contribution in [3.05, 3.63) is 0 Å². The summed E-state index contributed by atoms with van der Waals surface area (Å²) in [4.78, 5) is 4.33. The maximum Gasteiger partial charge on any atom is 0.147 e. The Morgan fingerprint density at radius 2 is 1.00 bits per heavy atom. The molecule has 0 aromatic carbocycles. The van der Waals surface area contributed by atoms with Gasteiger partial charge in [-0.05, 0) is 49.3 Å². The van der Waals surface area contributed by atoms with Gasteiger partial charge in [0.1, 0.15) is 8.64 Å². The third-order valence-electron chi connectivity index (χ3n) is 2.23. The zero-order chi connectivity index (χ0) is 12.6. The smallest absolute Gasteiger partial charge is 0.147 e. The molecule has 0 saturated heterocycles. The molecular formula is C10H20CuN2S4. The summed E-state index contributed by atoms with van der Waals surface area (Å²) < 4.78 is 1.84. The van der Waals surface area contributed by atoms with E-state index in [1.165, 1.54) is 0 Å². The minimum Gasteiger partial charge on any atom is -0.357 e. The van der Waals surface area contributed by atoms with Crippen LogP contribution in [0.3, 0.4) is 0 Å². The topological polar surface area (TPSA) is 6.48 Å². The van der Waals surface area contributed by atoms with Crippen LogP contribution < -0.4 is 0 Å². The van der Waals surface area contributed by atoms with Gasteiger partial charge in [-0.25, -0.2) is 0 Å². The van der Waals surface area contributed by atoms with E-state index >= 15 is 0 Å². The molecular weight excluding hydrogens is 340 g/mol. The molecule has 7 heteroatoms. The van der Waals surface area contributed by atoms with E-state index in [1.54, 1.807) is 21.6 Å². The van der Waals surface area contributed by atoms with Crippen molar-refractivity contribution in [3.8, 4) is 0 Å². The minimum absolute atomic E-state index is 0. The third-order valence-corrected chi connectivity index (χ3v) is 5.96. The third kappa shape index (κ3) is 7.90. The molecule has 0 aliphatic rings. The molecule has 0 N–H and O–H groups in total. The van der Waals surface area contributed by atoms with Crippen LogP contribution >= 0.6 is 46.0 Å². The van der Waals surface area contributed by atoms with Gasteiger partial charge in [0.25, 0.3) is 0 Å². The van der Waals surface area contributed by atoms with Crippen LogP contribution in [-0.4, -0.2) is 44.6 Å². The van der Waals surface area contributed by atoms with Gasteiger partial charge in [-0.2, -0.15) is 0 Å². The Hall–Kier alpha value is 0.999. The van der Waals surface area contributed by atoms with Gasteiger partial charge in [-0.15, -0.1) is 0 Å². The molecule has 0 bridgehead atoms. The fourth-order valence-corrected chi connectivity index (χ4v) is 4.20. The average Bonchev–Trinajstić information content (AvgIpc) is 2.29. The summed E-state index contributed by atoms with van der Waals surface area (Å²) in [6.07, 6.45) is 0. The van der Waals surface area contributed by atoms with E-state index in [0.717, 1.165) is 34.8 Å². The number of nitrogens with zero attached hydrogens (tertiary/aromatic N) is 2. The molecule has 0 aliphatic heterocycles. The molecule has 0 heterocycles. The Bertz CT molecular complexity index is 206. The fraction of sp³-hybridized carbons (Fsp3) is 0.800. The number of rotatable bonds is 4. The normalized spacial score (nSPS) is 9.41. The second-order valence-electron chi connectivity index (χ2n) is 3.04. The summed E-state index contributed by atoms with van der Waals surface area (Å²) in [7, 11) is 3.18. The molecule has 0 aliphatic carbocycles. The maximum absolute atomic E-state index is 5.34. The van der Waals surface area contributed by atoms with Gasteiger partial charge in [0.05, 0.1) is 0 Å². The second kappa shape index (κ2) is 12.1. The van der Waals surface area contributed by atoms with E-state index in [1.807, 2.05) is 0 Å². The van der Waals surface area contributed by atoms with Crippen LogP contribution in [0, 0.1) is 0 Å². The molecule has 2 nitrogen and oxygen atoms in total. The van der Waals surface area contributed by atoms with E-state index in [9.17, 15) is 0 Å². The molecule has 0 rings (SSSR count). The molecule has 105 valence electrons. The molecule has 0 aromatic heterocycles. The van der Waals surface area contributed by atoms with Crippen molar-refractivity contribution < 1.29 is 17.1 Å². The Balaban J connectivity index is 0. The summed E-state index contributed by atoms with van der Waals surface area (Å²) in [5, 5.41) is 0. The first kappa shape index (κ1) is 20.3. The van der Waals surface area contributed by atoms with Crippen molar-refractivity contribution in [1.82, 2.24) is 9.80 Å². The van der Waals surface area contributed by atoms with Gasteiger partial charge < -0.3 is 9.80 Å². The van der Waals surface area contributed by atoms with Crippen molar-refractivity contribution >= 4 is 54.7 Å². The molecule has 0 fully saturated rings. The first-order chi connectivity index (χ1) is 7.60. The van der Waals surface area contributed by atoms with Crippen LogP contribution in [0.5, 0.6) is 0 Å². The fourth-order valence-electron chi connectivity index (χ4n) is 1.14. The number of hydrogen-bond donors (Lipinski definition) is 0. The van der Waals surface area contributed by atoms with Crippen molar-refractivity contribution in [2.75, 3.05) is 26.2 Å². The van der Waals surface area contributed by atoms with Crippen LogP contribution in [0.2, 0.25) is 0 Å². The van der Waals surface area contributed by atoms with Crippen LogP contribution in [0.15, 0.2) is 0 Å². The minimum atomic E-state index is 0. The molecule has 0 amide bonds. The van der Waals surface area contributed by atoms with Gasteiger partial charge in [-0.3, -0.25) is 0 Å². The van der Waals surface area contributed by atoms with Gasteiger partial charge in [-0.1, -0.05) is 24.4 Å². The molecule has 0 spiro atoms. The average molecular weight is 360 g/mol. The van der Waals surface area contributed by atoms with Gasteiger partial charge in [0, 0.05) is 43.2 Å². The first-order valence-corrected chi connectivity index (χ1v) is 8.49. The Kier molecular flexibility index (Phi) is 14.4. The van der Waals surface area contributed by atoms with E-state index in [-0.39, 0.29) is 17.1 Å². The van der Waals surface area contributed by atoms with Crippen LogP contribution in [0.1, 0.15) is 27.7 Å². The van der Waals surface area contributed by atoms with Crippen LogP contribution in [-0.2, 0) is 17.1 Å². The van der Waals surface area contributed by atoms with Gasteiger partial charge >= 0.3 is 0 Å². The van der Waals surface area contributed by atoms with Crippen LogP contribution in [0.25, 0.3) is 0 Å². The summed E-state index contributed by atoms with van der Waals surface area (Å²) in [6.45, 7) is 12.3. The molecule has 0 unspecified atom stereocenters. The predicted octanol–water partition coefficient (Wildman–Crippen LogP) is 3.62. The molecule has 1 radical (unpaired) electrons. The van der Waals surface area contributed by atoms with Crippen molar-refractivity contribution in [2.45, 2.75) is 27.7 Å². The van der Waals surface area contributed by atoms with Crippen LogP contribution in [0.4, 0.5) is 0 Å². The Morgan fingerprint density at radius 1 is 0.765 bits per heavy atom. The van der Waals surface area contributed by atoms with E-state index in [2.05, 4.69) is 37.5 Å².